The van der Waals surface area contributed by atoms with E-state index in [-0.39, 0.29) is 18.9 Å². The summed E-state index contributed by atoms with van der Waals surface area (Å²) in [5.74, 6) is -0.302. The molecular formula is C30H23Cl2NO5. The van der Waals surface area contributed by atoms with Crippen LogP contribution in [-0.2, 0) is 16.0 Å². The number of amides is 1. The van der Waals surface area contributed by atoms with Gasteiger partial charge in [0.25, 0.3) is 0 Å². The average Bonchev–Trinajstić information content (AvgIpc) is 3.23. The van der Waals surface area contributed by atoms with E-state index in [9.17, 15) is 14.7 Å². The molecule has 38 heavy (non-hydrogen) atoms. The number of fused-ring (bicyclic) bond motifs is 3. The number of hydrogen-bond donors (Lipinski definition) is 2. The highest BCUT2D eigenvalue weighted by molar-refractivity contribution is 6.35. The summed E-state index contributed by atoms with van der Waals surface area (Å²) in [6.07, 6.45) is -0.710. The highest BCUT2D eigenvalue weighted by Crippen LogP contribution is 2.44. The molecule has 1 unspecified atom stereocenters. The van der Waals surface area contributed by atoms with Crippen LogP contribution in [0.2, 0.25) is 10.0 Å². The van der Waals surface area contributed by atoms with Crippen LogP contribution < -0.4 is 10.1 Å². The van der Waals surface area contributed by atoms with Gasteiger partial charge in [0.1, 0.15) is 24.1 Å². The standard InChI is InChI=1S/C30H23Cl2NO5/c31-19-11-14-28(26(32)16-19)38-20-12-9-18(10-13-20)15-27(29(34)35)33-30(36)37-17-25-23-7-3-1-5-21(23)22-6-2-4-8-24(22)25/h1-14,16,25,27H,15,17H2,(H,33,36)(H,34,35). The molecule has 4 aromatic rings. The van der Waals surface area contributed by atoms with Crippen LogP contribution in [-0.4, -0.2) is 29.8 Å². The molecule has 192 valence electrons. The van der Waals surface area contributed by atoms with Crippen molar-refractivity contribution in [3.8, 4) is 22.6 Å². The third kappa shape index (κ3) is 5.62. The van der Waals surface area contributed by atoms with Gasteiger partial charge in [-0.25, -0.2) is 9.59 Å². The van der Waals surface area contributed by atoms with Crippen molar-refractivity contribution in [1.29, 1.82) is 0 Å². The number of carbonyl (C=O) groups excluding carboxylic acids is 1. The number of nitrogens with one attached hydrogen (secondary N) is 1. The molecule has 0 heterocycles. The Kier molecular flexibility index (Phi) is 7.54. The zero-order valence-electron chi connectivity index (χ0n) is 20.1. The molecule has 0 bridgehead atoms. The molecule has 2 N–H and O–H groups in total. The van der Waals surface area contributed by atoms with Crippen molar-refractivity contribution in [1.82, 2.24) is 5.32 Å². The van der Waals surface area contributed by atoms with Crippen LogP contribution in [0, 0.1) is 0 Å². The maximum Gasteiger partial charge on any atom is 0.407 e. The van der Waals surface area contributed by atoms with E-state index in [4.69, 9.17) is 32.7 Å². The van der Waals surface area contributed by atoms with Gasteiger partial charge in [-0.3, -0.25) is 0 Å². The molecule has 4 aromatic carbocycles. The van der Waals surface area contributed by atoms with Gasteiger partial charge in [-0.2, -0.15) is 0 Å². The summed E-state index contributed by atoms with van der Waals surface area (Å²) in [5.41, 5.74) is 5.10. The lowest BCUT2D eigenvalue weighted by Crippen LogP contribution is -2.42. The third-order valence-electron chi connectivity index (χ3n) is 6.42. The highest BCUT2D eigenvalue weighted by Gasteiger charge is 2.29. The number of aliphatic carboxylic acids is 1. The largest absolute Gasteiger partial charge is 0.480 e. The second-order valence-electron chi connectivity index (χ2n) is 8.89. The smallest absolute Gasteiger partial charge is 0.407 e. The average molecular weight is 548 g/mol. The second-order valence-corrected chi connectivity index (χ2v) is 9.73. The number of carboxylic acids is 1. The first-order valence-corrected chi connectivity index (χ1v) is 12.7. The zero-order valence-corrected chi connectivity index (χ0v) is 21.6. The first-order valence-electron chi connectivity index (χ1n) is 11.9. The fraction of sp³-hybridized carbons (Fsp3) is 0.133. The molecular weight excluding hydrogens is 525 g/mol. The van der Waals surface area contributed by atoms with E-state index in [0.29, 0.717) is 27.1 Å². The summed E-state index contributed by atoms with van der Waals surface area (Å²) in [6, 6.07) is 26.6. The van der Waals surface area contributed by atoms with Crippen molar-refractivity contribution >= 4 is 35.3 Å². The Hall–Kier alpha value is -4.00. The lowest BCUT2D eigenvalue weighted by Gasteiger charge is -2.18. The first kappa shape index (κ1) is 25.6. The predicted octanol–water partition coefficient (Wildman–Crippen LogP) is 7.32. The van der Waals surface area contributed by atoms with Crippen LogP contribution in [0.15, 0.2) is 91.0 Å². The third-order valence-corrected chi connectivity index (χ3v) is 6.95. The predicted molar refractivity (Wildman–Crippen MR) is 146 cm³/mol. The van der Waals surface area contributed by atoms with Crippen molar-refractivity contribution < 1.29 is 24.2 Å². The summed E-state index contributed by atoms with van der Waals surface area (Å²) >= 11 is 12.1. The minimum atomic E-state index is -1.16. The number of alkyl carbamates (subject to hydrolysis) is 1. The quantitative estimate of drug-likeness (QED) is 0.241. The lowest BCUT2D eigenvalue weighted by atomic mass is 9.98. The molecule has 0 aliphatic heterocycles. The van der Waals surface area contributed by atoms with E-state index in [1.54, 1.807) is 42.5 Å². The molecule has 0 fully saturated rings. The molecule has 1 aliphatic carbocycles. The molecule has 6 nitrogen and oxygen atoms in total. The molecule has 0 saturated heterocycles. The number of halogens is 2. The van der Waals surface area contributed by atoms with Crippen LogP contribution in [0.4, 0.5) is 4.79 Å². The maximum absolute atomic E-state index is 12.6. The van der Waals surface area contributed by atoms with E-state index in [1.807, 2.05) is 36.4 Å². The Morgan fingerprint density at radius 2 is 1.50 bits per heavy atom. The van der Waals surface area contributed by atoms with Crippen molar-refractivity contribution in [3.05, 3.63) is 118 Å². The maximum atomic E-state index is 12.6. The highest BCUT2D eigenvalue weighted by atomic mass is 35.5. The van der Waals surface area contributed by atoms with Gasteiger partial charge in [0.15, 0.2) is 0 Å². The van der Waals surface area contributed by atoms with Crippen molar-refractivity contribution in [2.45, 2.75) is 18.4 Å². The monoisotopic (exact) mass is 547 g/mol. The topological polar surface area (TPSA) is 84.9 Å². The molecule has 0 spiro atoms. The lowest BCUT2D eigenvalue weighted by molar-refractivity contribution is -0.139. The van der Waals surface area contributed by atoms with Crippen LogP contribution in [0.1, 0.15) is 22.6 Å². The molecule has 1 atom stereocenters. The molecule has 1 amide bonds. The van der Waals surface area contributed by atoms with Gasteiger partial charge in [-0.05, 0) is 58.1 Å². The SMILES string of the molecule is O=C(NC(Cc1ccc(Oc2ccc(Cl)cc2Cl)cc1)C(=O)O)OCC1c2ccccc2-c2ccccc21. The number of carbonyl (C=O) groups is 2. The van der Waals surface area contributed by atoms with Gasteiger partial charge >= 0.3 is 12.1 Å². The Balaban J connectivity index is 1.20. The fourth-order valence-electron chi connectivity index (χ4n) is 4.60. The van der Waals surface area contributed by atoms with Gasteiger partial charge in [0.2, 0.25) is 0 Å². The van der Waals surface area contributed by atoms with Gasteiger partial charge in [0, 0.05) is 17.4 Å². The molecule has 8 heteroatoms. The number of rotatable bonds is 8. The van der Waals surface area contributed by atoms with E-state index in [2.05, 4.69) is 17.4 Å². The van der Waals surface area contributed by atoms with Crippen LogP contribution in [0.5, 0.6) is 11.5 Å². The van der Waals surface area contributed by atoms with Gasteiger partial charge in [0.05, 0.1) is 5.02 Å². The summed E-state index contributed by atoms with van der Waals surface area (Å²) in [7, 11) is 0. The fourth-order valence-corrected chi connectivity index (χ4v) is 5.04. The summed E-state index contributed by atoms with van der Waals surface area (Å²) < 4.78 is 11.3. The normalized spacial score (nSPS) is 12.8. The Morgan fingerprint density at radius 1 is 0.868 bits per heavy atom. The van der Waals surface area contributed by atoms with Crippen LogP contribution in [0.3, 0.4) is 0 Å². The Bertz CT molecular complexity index is 1440. The molecule has 1 aliphatic rings. The minimum Gasteiger partial charge on any atom is -0.480 e. The van der Waals surface area contributed by atoms with E-state index in [1.165, 1.54) is 0 Å². The molecule has 0 radical (unpaired) electrons. The minimum absolute atomic E-state index is 0.0709. The number of carboxylic acid groups (broad SMARTS) is 1. The van der Waals surface area contributed by atoms with Crippen molar-refractivity contribution in [2.24, 2.45) is 0 Å². The summed E-state index contributed by atoms with van der Waals surface area (Å²) in [4.78, 5) is 24.5. The Morgan fingerprint density at radius 3 is 2.11 bits per heavy atom. The molecule has 5 rings (SSSR count). The number of benzene rings is 4. The van der Waals surface area contributed by atoms with E-state index < -0.39 is 18.1 Å². The zero-order chi connectivity index (χ0) is 26.6. The van der Waals surface area contributed by atoms with Gasteiger partial charge in [-0.1, -0.05) is 83.9 Å². The van der Waals surface area contributed by atoms with E-state index in [0.717, 1.165) is 22.3 Å². The van der Waals surface area contributed by atoms with Gasteiger partial charge in [-0.15, -0.1) is 0 Å². The van der Waals surface area contributed by atoms with Crippen molar-refractivity contribution in [2.75, 3.05) is 6.61 Å². The van der Waals surface area contributed by atoms with Crippen LogP contribution >= 0.6 is 23.2 Å². The number of hydrogen-bond acceptors (Lipinski definition) is 4. The second kappa shape index (κ2) is 11.2. The molecule has 0 aromatic heterocycles. The van der Waals surface area contributed by atoms with E-state index >= 15 is 0 Å². The first-order chi connectivity index (χ1) is 18.4. The van der Waals surface area contributed by atoms with Crippen molar-refractivity contribution in [3.63, 3.8) is 0 Å². The Labute approximate surface area is 229 Å². The summed E-state index contributed by atoms with van der Waals surface area (Å²) in [6.45, 7) is 0.103. The molecule has 0 saturated carbocycles. The van der Waals surface area contributed by atoms with Gasteiger partial charge < -0.3 is 19.9 Å². The summed E-state index contributed by atoms with van der Waals surface area (Å²) in [5, 5.41) is 13.1. The number of ether oxygens (including phenoxy) is 2. The van der Waals surface area contributed by atoms with Crippen LogP contribution in [0.25, 0.3) is 11.1 Å².